The van der Waals surface area contributed by atoms with Gasteiger partial charge < -0.3 is 0 Å². The molecule has 14 heavy (non-hydrogen) atoms. The third-order valence-corrected chi connectivity index (χ3v) is 4.00. The van der Waals surface area contributed by atoms with Crippen molar-refractivity contribution < 1.29 is 13.8 Å². The maximum atomic E-state index is 11.5. The van der Waals surface area contributed by atoms with Crippen LogP contribution < -0.4 is 0 Å². The van der Waals surface area contributed by atoms with E-state index in [1.54, 1.807) is 13.8 Å². The lowest BCUT2D eigenvalue weighted by Crippen LogP contribution is -2.22. The van der Waals surface area contributed by atoms with E-state index in [1.165, 1.54) is 13.8 Å². The smallest absolute Gasteiger partial charge is 0.133 e. The van der Waals surface area contributed by atoms with Gasteiger partial charge in [0, 0.05) is 34.1 Å². The highest BCUT2D eigenvalue weighted by molar-refractivity contribution is 7.85. The summed E-state index contributed by atoms with van der Waals surface area (Å²) in [7, 11) is -1.06. The first kappa shape index (κ1) is 13.5. The van der Waals surface area contributed by atoms with Crippen LogP contribution in [0.1, 0.15) is 27.7 Å². The monoisotopic (exact) mass is 218 g/mol. The predicted molar refractivity (Wildman–Crippen MR) is 57.6 cm³/mol. The van der Waals surface area contributed by atoms with Crippen LogP contribution >= 0.6 is 0 Å². The minimum absolute atomic E-state index is 0.0498. The van der Waals surface area contributed by atoms with E-state index in [0.29, 0.717) is 11.5 Å². The van der Waals surface area contributed by atoms with Crippen molar-refractivity contribution in [3.8, 4) is 0 Å². The highest BCUT2D eigenvalue weighted by Gasteiger charge is 2.16. The molecule has 82 valence electrons. The van der Waals surface area contributed by atoms with Crippen molar-refractivity contribution in [3.63, 3.8) is 0 Å². The lowest BCUT2D eigenvalue weighted by atomic mass is 10.1. The SMILES string of the molecule is CC(=O)C(C)CS(=O)CC(C)C(C)=O. The second-order valence-electron chi connectivity index (χ2n) is 3.80. The molecular weight excluding hydrogens is 200 g/mol. The Kier molecular flexibility index (Phi) is 5.84. The summed E-state index contributed by atoms with van der Waals surface area (Å²) >= 11 is 0. The first-order valence-electron chi connectivity index (χ1n) is 4.70. The molecule has 0 aliphatic carbocycles. The molecule has 0 heterocycles. The van der Waals surface area contributed by atoms with Gasteiger partial charge in [-0.3, -0.25) is 13.8 Å². The van der Waals surface area contributed by atoms with Crippen LogP contribution in [-0.2, 0) is 20.4 Å². The van der Waals surface area contributed by atoms with Gasteiger partial charge in [0.15, 0.2) is 0 Å². The highest BCUT2D eigenvalue weighted by Crippen LogP contribution is 2.05. The number of hydrogen-bond acceptors (Lipinski definition) is 3. The third-order valence-electron chi connectivity index (χ3n) is 2.26. The summed E-state index contributed by atoms with van der Waals surface area (Å²) in [6.07, 6.45) is 0. The van der Waals surface area contributed by atoms with E-state index < -0.39 is 10.8 Å². The fraction of sp³-hybridized carbons (Fsp3) is 0.800. The Labute approximate surface area is 87.7 Å². The first-order chi connectivity index (χ1) is 6.34. The number of carbonyl (C=O) groups is 2. The first-order valence-corrected chi connectivity index (χ1v) is 6.19. The fourth-order valence-electron chi connectivity index (χ4n) is 0.860. The molecule has 0 aromatic carbocycles. The van der Waals surface area contributed by atoms with Gasteiger partial charge in [-0.2, -0.15) is 0 Å². The lowest BCUT2D eigenvalue weighted by molar-refractivity contribution is -0.120. The van der Waals surface area contributed by atoms with Gasteiger partial charge >= 0.3 is 0 Å². The van der Waals surface area contributed by atoms with E-state index >= 15 is 0 Å². The number of Topliss-reactive ketones (excluding diaryl/α,β-unsaturated/α-hetero) is 2. The van der Waals surface area contributed by atoms with E-state index in [9.17, 15) is 13.8 Å². The normalized spacial score (nSPS) is 17.1. The Morgan fingerprint density at radius 1 is 1.00 bits per heavy atom. The second-order valence-corrected chi connectivity index (χ2v) is 5.34. The van der Waals surface area contributed by atoms with Gasteiger partial charge in [0.25, 0.3) is 0 Å². The van der Waals surface area contributed by atoms with Crippen molar-refractivity contribution in [2.75, 3.05) is 11.5 Å². The molecule has 0 aromatic rings. The maximum absolute atomic E-state index is 11.5. The molecule has 0 spiro atoms. The average Bonchev–Trinajstić information content (AvgIpc) is 2.03. The van der Waals surface area contributed by atoms with Gasteiger partial charge in [-0.25, -0.2) is 0 Å². The fourth-order valence-corrected chi connectivity index (χ4v) is 2.58. The zero-order chi connectivity index (χ0) is 11.3. The van der Waals surface area contributed by atoms with Gasteiger partial charge in [-0.05, 0) is 13.8 Å². The number of ketones is 2. The predicted octanol–water partition coefficient (Wildman–Crippen LogP) is 1.19. The second kappa shape index (κ2) is 6.06. The van der Waals surface area contributed by atoms with E-state index in [2.05, 4.69) is 0 Å². The number of carbonyl (C=O) groups excluding carboxylic acids is 2. The van der Waals surface area contributed by atoms with E-state index in [4.69, 9.17) is 0 Å². The Balaban J connectivity index is 3.99. The van der Waals surface area contributed by atoms with Crippen LogP contribution in [0.2, 0.25) is 0 Å². The van der Waals surface area contributed by atoms with Gasteiger partial charge in [0.05, 0.1) is 0 Å². The number of rotatable bonds is 6. The van der Waals surface area contributed by atoms with Crippen molar-refractivity contribution in [2.45, 2.75) is 27.7 Å². The topological polar surface area (TPSA) is 51.2 Å². The summed E-state index contributed by atoms with van der Waals surface area (Å²) in [6.45, 7) is 6.52. The maximum Gasteiger partial charge on any atom is 0.133 e. The molecule has 0 saturated carbocycles. The number of hydrogen-bond donors (Lipinski definition) is 0. The third kappa shape index (κ3) is 5.27. The van der Waals surface area contributed by atoms with Gasteiger partial charge in [-0.15, -0.1) is 0 Å². The average molecular weight is 218 g/mol. The summed E-state index contributed by atoms with van der Waals surface area (Å²) in [5.41, 5.74) is 0. The van der Waals surface area contributed by atoms with Crippen LogP contribution in [0.5, 0.6) is 0 Å². The van der Waals surface area contributed by atoms with Gasteiger partial charge in [0.1, 0.15) is 11.6 Å². The molecule has 0 fully saturated rings. The molecule has 0 aliphatic rings. The van der Waals surface area contributed by atoms with Crippen LogP contribution in [0.4, 0.5) is 0 Å². The molecule has 3 nitrogen and oxygen atoms in total. The minimum atomic E-state index is -1.06. The quantitative estimate of drug-likeness (QED) is 0.673. The molecule has 0 N–H and O–H groups in total. The summed E-state index contributed by atoms with van der Waals surface area (Å²) in [6, 6.07) is 0. The van der Waals surface area contributed by atoms with Crippen LogP contribution in [0.15, 0.2) is 0 Å². The van der Waals surface area contributed by atoms with Gasteiger partial charge in [0.2, 0.25) is 0 Å². The van der Waals surface area contributed by atoms with E-state index in [1.807, 2.05) is 0 Å². The largest absolute Gasteiger partial charge is 0.300 e. The van der Waals surface area contributed by atoms with Gasteiger partial charge in [-0.1, -0.05) is 13.8 Å². The van der Waals surface area contributed by atoms with Crippen LogP contribution in [-0.4, -0.2) is 27.3 Å². The molecule has 0 radical (unpaired) electrons. The van der Waals surface area contributed by atoms with E-state index in [0.717, 1.165) is 0 Å². The molecular formula is C10H18O3S. The molecule has 4 heteroatoms. The molecule has 0 rings (SSSR count). The summed E-state index contributed by atoms with van der Waals surface area (Å²) in [5.74, 6) is 0.493. The lowest BCUT2D eigenvalue weighted by Gasteiger charge is -2.10. The zero-order valence-electron chi connectivity index (χ0n) is 9.20. The Bertz CT molecular complexity index is 224. The van der Waals surface area contributed by atoms with E-state index in [-0.39, 0.29) is 23.4 Å². The highest BCUT2D eigenvalue weighted by atomic mass is 32.2. The Morgan fingerprint density at radius 3 is 1.50 bits per heavy atom. The molecule has 2 unspecified atom stereocenters. The van der Waals surface area contributed by atoms with Crippen LogP contribution in [0.3, 0.4) is 0 Å². The molecule has 0 bridgehead atoms. The summed E-state index contributed by atoms with van der Waals surface area (Å²) < 4.78 is 11.5. The Morgan fingerprint density at radius 2 is 1.29 bits per heavy atom. The zero-order valence-corrected chi connectivity index (χ0v) is 10.0. The van der Waals surface area contributed by atoms with Crippen molar-refractivity contribution in [1.82, 2.24) is 0 Å². The van der Waals surface area contributed by atoms with Crippen LogP contribution in [0.25, 0.3) is 0 Å². The molecule has 0 amide bonds. The molecule has 0 aliphatic heterocycles. The van der Waals surface area contributed by atoms with Crippen molar-refractivity contribution in [3.05, 3.63) is 0 Å². The molecule has 2 atom stereocenters. The van der Waals surface area contributed by atoms with Crippen LogP contribution in [0, 0.1) is 11.8 Å². The summed E-state index contributed by atoms with van der Waals surface area (Å²) in [5, 5.41) is 0. The standard InChI is InChI=1S/C10H18O3S/c1-7(9(3)11)5-14(13)6-8(2)10(4)12/h7-8H,5-6H2,1-4H3. The molecule has 0 aromatic heterocycles. The Hall–Kier alpha value is -0.510. The minimum Gasteiger partial charge on any atom is -0.300 e. The van der Waals surface area contributed by atoms with Crippen molar-refractivity contribution >= 4 is 22.4 Å². The summed E-state index contributed by atoms with van der Waals surface area (Å²) in [4.78, 5) is 21.8. The molecule has 0 saturated heterocycles. The van der Waals surface area contributed by atoms with Crippen molar-refractivity contribution in [2.24, 2.45) is 11.8 Å². The van der Waals surface area contributed by atoms with Crippen molar-refractivity contribution in [1.29, 1.82) is 0 Å².